The minimum atomic E-state index is -0.203. The standard InChI is InChI=1S/C15H21FN2OS/c1-10(2)19-7-5-4-6-18-14-8-11(3)12(16)9-13(14)17-15(18)20/h8-10H,4-7H2,1-3H3,(H,17,20). The van der Waals surface area contributed by atoms with E-state index in [9.17, 15) is 4.39 Å². The van der Waals surface area contributed by atoms with Crippen LogP contribution in [-0.2, 0) is 11.3 Å². The number of aromatic nitrogens is 2. The zero-order valence-electron chi connectivity index (χ0n) is 12.2. The van der Waals surface area contributed by atoms with Crippen LogP contribution >= 0.6 is 12.2 Å². The lowest BCUT2D eigenvalue weighted by Crippen LogP contribution is -2.05. The molecular formula is C15H21FN2OS. The number of hydrogen-bond acceptors (Lipinski definition) is 2. The molecular weight excluding hydrogens is 275 g/mol. The van der Waals surface area contributed by atoms with Crippen molar-refractivity contribution in [2.75, 3.05) is 6.61 Å². The molecule has 0 saturated heterocycles. The van der Waals surface area contributed by atoms with Crippen molar-refractivity contribution in [1.29, 1.82) is 0 Å². The third kappa shape index (κ3) is 3.46. The van der Waals surface area contributed by atoms with Crippen LogP contribution in [0.15, 0.2) is 12.1 Å². The summed E-state index contributed by atoms with van der Waals surface area (Å²) in [7, 11) is 0. The van der Waals surface area contributed by atoms with E-state index < -0.39 is 0 Å². The van der Waals surface area contributed by atoms with Gasteiger partial charge in [0.1, 0.15) is 5.82 Å². The van der Waals surface area contributed by atoms with Crippen LogP contribution in [0.3, 0.4) is 0 Å². The average molecular weight is 296 g/mol. The number of benzene rings is 1. The van der Waals surface area contributed by atoms with Crippen molar-refractivity contribution in [2.45, 2.75) is 46.3 Å². The van der Waals surface area contributed by atoms with Crippen LogP contribution in [0.25, 0.3) is 11.0 Å². The highest BCUT2D eigenvalue weighted by atomic mass is 32.1. The number of imidazole rings is 1. The van der Waals surface area contributed by atoms with Crippen LogP contribution in [-0.4, -0.2) is 22.3 Å². The summed E-state index contributed by atoms with van der Waals surface area (Å²) in [6.45, 7) is 7.43. The van der Waals surface area contributed by atoms with Gasteiger partial charge in [0.05, 0.1) is 17.1 Å². The van der Waals surface area contributed by atoms with E-state index in [1.54, 1.807) is 6.92 Å². The molecule has 0 radical (unpaired) electrons. The van der Waals surface area contributed by atoms with Crippen LogP contribution in [0.5, 0.6) is 0 Å². The molecule has 2 aromatic rings. The number of nitrogens with zero attached hydrogens (tertiary/aromatic N) is 1. The molecule has 1 N–H and O–H groups in total. The summed E-state index contributed by atoms with van der Waals surface area (Å²) >= 11 is 5.31. The predicted octanol–water partition coefficient (Wildman–Crippen LogP) is 4.35. The van der Waals surface area contributed by atoms with E-state index in [-0.39, 0.29) is 11.9 Å². The second-order valence-electron chi connectivity index (χ2n) is 5.33. The molecule has 20 heavy (non-hydrogen) atoms. The second-order valence-corrected chi connectivity index (χ2v) is 5.71. The Morgan fingerprint density at radius 2 is 2.10 bits per heavy atom. The number of halogens is 1. The van der Waals surface area contributed by atoms with E-state index in [2.05, 4.69) is 4.98 Å². The number of aryl methyl sites for hydroxylation is 2. The summed E-state index contributed by atoms with van der Waals surface area (Å²) in [6.07, 6.45) is 2.26. The van der Waals surface area contributed by atoms with E-state index >= 15 is 0 Å². The highest BCUT2D eigenvalue weighted by Gasteiger charge is 2.07. The molecule has 0 unspecified atom stereocenters. The van der Waals surface area contributed by atoms with Crippen LogP contribution in [0.4, 0.5) is 4.39 Å². The lowest BCUT2D eigenvalue weighted by molar-refractivity contribution is 0.0755. The Morgan fingerprint density at radius 1 is 1.35 bits per heavy atom. The van der Waals surface area contributed by atoms with Gasteiger partial charge in [0.2, 0.25) is 0 Å². The fraction of sp³-hybridized carbons (Fsp3) is 0.533. The highest BCUT2D eigenvalue weighted by Crippen LogP contribution is 2.19. The molecule has 0 aliphatic heterocycles. The van der Waals surface area contributed by atoms with Crippen LogP contribution < -0.4 is 0 Å². The quantitative estimate of drug-likeness (QED) is 0.634. The summed E-state index contributed by atoms with van der Waals surface area (Å²) in [5, 5.41) is 0. The molecule has 5 heteroatoms. The van der Waals surface area contributed by atoms with Gasteiger partial charge in [-0.2, -0.15) is 0 Å². The minimum absolute atomic E-state index is 0.203. The highest BCUT2D eigenvalue weighted by molar-refractivity contribution is 7.71. The lowest BCUT2D eigenvalue weighted by atomic mass is 10.2. The Labute approximate surface area is 123 Å². The maximum atomic E-state index is 13.5. The zero-order chi connectivity index (χ0) is 14.7. The van der Waals surface area contributed by atoms with Crippen LogP contribution in [0, 0.1) is 17.5 Å². The van der Waals surface area contributed by atoms with Gasteiger partial charge >= 0.3 is 0 Å². The fourth-order valence-corrected chi connectivity index (χ4v) is 2.49. The first kappa shape index (κ1) is 15.2. The summed E-state index contributed by atoms with van der Waals surface area (Å²) in [4.78, 5) is 3.06. The normalized spacial score (nSPS) is 11.7. The van der Waals surface area contributed by atoms with Crippen molar-refractivity contribution < 1.29 is 9.13 Å². The van der Waals surface area contributed by atoms with E-state index in [1.165, 1.54) is 6.07 Å². The summed E-state index contributed by atoms with van der Waals surface area (Å²) in [5.41, 5.74) is 2.37. The zero-order valence-corrected chi connectivity index (χ0v) is 13.0. The average Bonchev–Trinajstić information content (AvgIpc) is 2.65. The number of hydrogen-bond donors (Lipinski definition) is 1. The molecule has 2 rings (SSSR count). The van der Waals surface area contributed by atoms with Gasteiger partial charge in [0, 0.05) is 13.2 Å². The summed E-state index contributed by atoms with van der Waals surface area (Å²) in [6, 6.07) is 3.36. The van der Waals surface area contributed by atoms with E-state index in [0.717, 1.165) is 37.0 Å². The lowest BCUT2D eigenvalue weighted by Gasteiger charge is -2.08. The van der Waals surface area contributed by atoms with E-state index in [0.29, 0.717) is 10.3 Å². The molecule has 0 amide bonds. The summed E-state index contributed by atoms with van der Waals surface area (Å²) in [5.74, 6) is -0.203. The number of aromatic amines is 1. The Balaban J connectivity index is 2.08. The third-order valence-electron chi connectivity index (χ3n) is 3.28. The number of ether oxygens (including phenoxy) is 1. The van der Waals surface area contributed by atoms with Gasteiger partial charge in [-0.15, -0.1) is 0 Å². The minimum Gasteiger partial charge on any atom is -0.379 e. The van der Waals surface area contributed by atoms with Gasteiger partial charge in [0.25, 0.3) is 0 Å². The molecule has 1 heterocycles. The number of nitrogens with one attached hydrogen (secondary N) is 1. The largest absolute Gasteiger partial charge is 0.379 e. The fourth-order valence-electron chi connectivity index (χ4n) is 2.19. The van der Waals surface area contributed by atoms with Gasteiger partial charge in [0.15, 0.2) is 4.77 Å². The maximum absolute atomic E-state index is 13.5. The molecule has 110 valence electrons. The van der Waals surface area contributed by atoms with E-state index in [4.69, 9.17) is 17.0 Å². The molecule has 1 aromatic heterocycles. The van der Waals surface area contributed by atoms with Crippen molar-refractivity contribution in [3.05, 3.63) is 28.3 Å². The van der Waals surface area contributed by atoms with Gasteiger partial charge in [-0.1, -0.05) is 0 Å². The molecule has 0 aliphatic rings. The number of rotatable bonds is 6. The Hall–Kier alpha value is -1.20. The van der Waals surface area contributed by atoms with Crippen molar-refractivity contribution in [3.8, 4) is 0 Å². The van der Waals surface area contributed by atoms with Gasteiger partial charge in [-0.05, 0) is 63.5 Å². The topological polar surface area (TPSA) is 29.9 Å². The first-order valence-electron chi connectivity index (χ1n) is 6.99. The first-order valence-corrected chi connectivity index (χ1v) is 7.40. The molecule has 0 fully saturated rings. The van der Waals surface area contributed by atoms with Gasteiger partial charge in [-0.3, -0.25) is 0 Å². The number of unbranched alkanes of at least 4 members (excludes halogenated alkanes) is 1. The van der Waals surface area contributed by atoms with Crippen LogP contribution in [0.2, 0.25) is 0 Å². The van der Waals surface area contributed by atoms with Crippen molar-refractivity contribution in [3.63, 3.8) is 0 Å². The predicted molar refractivity (Wildman–Crippen MR) is 82.1 cm³/mol. The number of fused-ring (bicyclic) bond motifs is 1. The molecule has 0 saturated carbocycles. The maximum Gasteiger partial charge on any atom is 0.178 e. The Bertz CT molecular complexity index is 645. The molecule has 0 spiro atoms. The van der Waals surface area contributed by atoms with Crippen molar-refractivity contribution >= 4 is 23.3 Å². The smallest absolute Gasteiger partial charge is 0.178 e. The summed E-state index contributed by atoms with van der Waals surface area (Å²) < 4.78 is 21.7. The Morgan fingerprint density at radius 3 is 2.80 bits per heavy atom. The molecule has 0 bridgehead atoms. The van der Waals surface area contributed by atoms with Gasteiger partial charge in [-0.25, -0.2) is 4.39 Å². The van der Waals surface area contributed by atoms with E-state index in [1.807, 2.05) is 24.5 Å². The third-order valence-corrected chi connectivity index (χ3v) is 3.60. The molecule has 0 aliphatic carbocycles. The second kappa shape index (κ2) is 6.50. The van der Waals surface area contributed by atoms with Crippen LogP contribution in [0.1, 0.15) is 32.3 Å². The van der Waals surface area contributed by atoms with Crippen molar-refractivity contribution in [2.24, 2.45) is 0 Å². The van der Waals surface area contributed by atoms with Gasteiger partial charge < -0.3 is 14.3 Å². The number of H-pyrrole nitrogens is 1. The molecule has 0 atom stereocenters. The SMILES string of the molecule is Cc1cc2c(cc1F)[nH]c(=S)n2CCCCOC(C)C. The van der Waals surface area contributed by atoms with Crippen molar-refractivity contribution in [1.82, 2.24) is 9.55 Å². The first-order chi connectivity index (χ1) is 9.49. The molecule has 1 aromatic carbocycles. The molecule has 3 nitrogen and oxygen atoms in total. The Kier molecular flexibility index (Phi) is 4.94. The monoisotopic (exact) mass is 296 g/mol.